The summed E-state index contributed by atoms with van der Waals surface area (Å²) in [4.78, 5) is 11.3. The third-order valence-corrected chi connectivity index (χ3v) is 6.73. The first-order valence-corrected chi connectivity index (χ1v) is 12.6. The van der Waals surface area contributed by atoms with Crippen LogP contribution in [0.15, 0.2) is 36.7 Å². The number of hydrogen-bond acceptors (Lipinski definition) is 7. The Bertz CT molecular complexity index is 1150. The number of rotatable bonds is 9. The van der Waals surface area contributed by atoms with E-state index in [1.807, 2.05) is 12.1 Å². The van der Waals surface area contributed by atoms with Gasteiger partial charge in [0.1, 0.15) is 29.5 Å². The van der Waals surface area contributed by atoms with Gasteiger partial charge in [0.25, 0.3) is 0 Å². The molecule has 1 aliphatic heterocycles. The molecular formula is C26H30ClFN4O3. The summed E-state index contributed by atoms with van der Waals surface area (Å²) in [6.07, 6.45) is 6.96. The van der Waals surface area contributed by atoms with E-state index in [0.29, 0.717) is 23.9 Å². The maximum Gasteiger partial charge on any atom is 0.145 e. The number of morpholine rings is 1. The van der Waals surface area contributed by atoms with E-state index in [0.717, 1.165) is 81.6 Å². The standard InChI is InChI=1S/C26H30ClFN4O3/c27-21-14-18(6-7-22(21)28)31-26-25-23(29-17-30-26)15-20(16-24(25)35-19-4-1-2-5-19)34-11-3-8-32-9-12-33-13-10-32/h6-7,14-17,19H,1-5,8-13H2,(H,29,30,31). The van der Waals surface area contributed by atoms with Gasteiger partial charge >= 0.3 is 0 Å². The van der Waals surface area contributed by atoms with Crippen LogP contribution in [0.3, 0.4) is 0 Å². The molecule has 2 aromatic carbocycles. The fourth-order valence-corrected chi connectivity index (χ4v) is 4.78. The zero-order chi connectivity index (χ0) is 24.0. The number of ether oxygens (including phenoxy) is 3. The molecule has 0 bridgehead atoms. The van der Waals surface area contributed by atoms with Crippen LogP contribution in [0.5, 0.6) is 11.5 Å². The highest BCUT2D eigenvalue weighted by Crippen LogP contribution is 2.38. The van der Waals surface area contributed by atoms with Crippen molar-refractivity contribution in [3.05, 3.63) is 47.5 Å². The van der Waals surface area contributed by atoms with Crippen molar-refractivity contribution in [3.63, 3.8) is 0 Å². The molecule has 3 aromatic rings. The van der Waals surface area contributed by atoms with E-state index in [4.69, 9.17) is 25.8 Å². The Morgan fingerprint density at radius 2 is 1.94 bits per heavy atom. The first-order chi connectivity index (χ1) is 17.2. The molecule has 5 rings (SSSR count). The zero-order valence-electron chi connectivity index (χ0n) is 19.6. The number of benzene rings is 2. The van der Waals surface area contributed by atoms with Gasteiger partial charge in [-0.2, -0.15) is 0 Å². The maximum absolute atomic E-state index is 13.6. The van der Waals surface area contributed by atoms with Gasteiger partial charge in [-0.15, -0.1) is 0 Å². The van der Waals surface area contributed by atoms with E-state index < -0.39 is 5.82 Å². The highest BCUT2D eigenvalue weighted by atomic mass is 35.5. The molecule has 0 amide bonds. The Labute approximate surface area is 209 Å². The Kier molecular flexibility index (Phi) is 7.81. The molecule has 35 heavy (non-hydrogen) atoms. The molecule has 2 aliphatic rings. The summed E-state index contributed by atoms with van der Waals surface area (Å²) < 4.78 is 31.6. The van der Waals surface area contributed by atoms with Crippen molar-refractivity contribution in [2.45, 2.75) is 38.2 Å². The molecule has 9 heteroatoms. The number of fused-ring (bicyclic) bond motifs is 1. The van der Waals surface area contributed by atoms with Crippen LogP contribution < -0.4 is 14.8 Å². The minimum absolute atomic E-state index is 0.0450. The summed E-state index contributed by atoms with van der Waals surface area (Å²) in [5, 5.41) is 4.06. The van der Waals surface area contributed by atoms with Gasteiger partial charge in [0.15, 0.2) is 0 Å². The quantitative estimate of drug-likeness (QED) is 0.384. The van der Waals surface area contributed by atoms with E-state index in [-0.39, 0.29) is 11.1 Å². The molecule has 1 saturated carbocycles. The van der Waals surface area contributed by atoms with Crippen molar-refractivity contribution in [1.82, 2.24) is 14.9 Å². The van der Waals surface area contributed by atoms with Crippen LogP contribution in [0.1, 0.15) is 32.1 Å². The SMILES string of the molecule is Fc1ccc(Nc2ncnc3cc(OCCCN4CCOCC4)cc(OC4CCCC4)c23)cc1Cl. The van der Waals surface area contributed by atoms with Gasteiger partial charge < -0.3 is 19.5 Å². The van der Waals surface area contributed by atoms with Crippen molar-refractivity contribution >= 4 is 34.0 Å². The van der Waals surface area contributed by atoms with Crippen LogP contribution in [-0.4, -0.2) is 60.4 Å². The topological polar surface area (TPSA) is 68.7 Å². The van der Waals surface area contributed by atoms with Crippen LogP contribution in [0, 0.1) is 5.82 Å². The molecule has 7 nitrogen and oxygen atoms in total. The van der Waals surface area contributed by atoms with Gasteiger partial charge in [-0.05, 0) is 50.3 Å². The van der Waals surface area contributed by atoms with Crippen molar-refractivity contribution in [3.8, 4) is 11.5 Å². The Morgan fingerprint density at radius 3 is 2.74 bits per heavy atom. The minimum atomic E-state index is -0.467. The lowest BCUT2D eigenvalue weighted by Gasteiger charge is -2.26. The number of anilines is 2. The lowest BCUT2D eigenvalue weighted by Crippen LogP contribution is -2.37. The second-order valence-electron chi connectivity index (χ2n) is 8.97. The first-order valence-electron chi connectivity index (χ1n) is 12.3. The van der Waals surface area contributed by atoms with Crippen molar-refractivity contribution in [1.29, 1.82) is 0 Å². The maximum atomic E-state index is 13.6. The summed E-state index contributed by atoms with van der Waals surface area (Å²) in [5.41, 5.74) is 1.35. The minimum Gasteiger partial charge on any atom is -0.493 e. The summed E-state index contributed by atoms with van der Waals surface area (Å²) in [5.74, 6) is 1.52. The summed E-state index contributed by atoms with van der Waals surface area (Å²) >= 11 is 5.98. The average Bonchev–Trinajstić information content (AvgIpc) is 3.38. The van der Waals surface area contributed by atoms with Gasteiger partial charge in [0.2, 0.25) is 0 Å². The lowest BCUT2D eigenvalue weighted by atomic mass is 10.2. The molecule has 2 fully saturated rings. The van der Waals surface area contributed by atoms with Crippen molar-refractivity contribution in [2.75, 3.05) is 44.8 Å². The average molecular weight is 501 g/mol. The van der Waals surface area contributed by atoms with Crippen LogP contribution in [0.25, 0.3) is 10.9 Å². The molecule has 186 valence electrons. The third kappa shape index (κ3) is 6.12. The molecule has 1 saturated heterocycles. The molecule has 1 aliphatic carbocycles. The third-order valence-electron chi connectivity index (χ3n) is 6.44. The van der Waals surface area contributed by atoms with Gasteiger partial charge in [-0.3, -0.25) is 4.90 Å². The van der Waals surface area contributed by atoms with Crippen LogP contribution in [-0.2, 0) is 4.74 Å². The predicted octanol–water partition coefficient (Wildman–Crippen LogP) is 5.59. The number of aromatic nitrogens is 2. The van der Waals surface area contributed by atoms with Crippen LogP contribution in [0.2, 0.25) is 5.02 Å². The predicted molar refractivity (Wildman–Crippen MR) is 134 cm³/mol. The molecular weight excluding hydrogens is 471 g/mol. The monoisotopic (exact) mass is 500 g/mol. The normalized spacial score (nSPS) is 17.1. The fraction of sp³-hybridized carbons (Fsp3) is 0.462. The van der Waals surface area contributed by atoms with E-state index in [9.17, 15) is 4.39 Å². The van der Waals surface area contributed by atoms with Gasteiger partial charge in [-0.25, -0.2) is 14.4 Å². The summed E-state index contributed by atoms with van der Waals surface area (Å²) in [7, 11) is 0. The van der Waals surface area contributed by atoms with Crippen molar-refractivity contribution < 1.29 is 18.6 Å². The van der Waals surface area contributed by atoms with Crippen molar-refractivity contribution in [2.24, 2.45) is 0 Å². The Balaban J connectivity index is 1.37. The molecule has 0 spiro atoms. The second-order valence-corrected chi connectivity index (χ2v) is 9.38. The largest absolute Gasteiger partial charge is 0.493 e. The number of nitrogens with zero attached hydrogens (tertiary/aromatic N) is 3. The van der Waals surface area contributed by atoms with Gasteiger partial charge in [-0.1, -0.05) is 11.6 Å². The summed E-state index contributed by atoms with van der Waals surface area (Å²) in [6, 6.07) is 8.33. The highest BCUT2D eigenvalue weighted by Gasteiger charge is 2.21. The summed E-state index contributed by atoms with van der Waals surface area (Å²) in [6.45, 7) is 5.14. The Morgan fingerprint density at radius 1 is 1.11 bits per heavy atom. The molecule has 1 N–H and O–H groups in total. The first kappa shape index (κ1) is 24.0. The van der Waals surface area contributed by atoms with E-state index in [2.05, 4.69) is 20.2 Å². The molecule has 0 radical (unpaired) electrons. The zero-order valence-corrected chi connectivity index (χ0v) is 20.4. The van der Waals surface area contributed by atoms with Crippen LogP contribution >= 0.6 is 11.6 Å². The lowest BCUT2D eigenvalue weighted by molar-refractivity contribution is 0.0358. The molecule has 1 aromatic heterocycles. The number of hydrogen-bond donors (Lipinski definition) is 1. The van der Waals surface area contributed by atoms with E-state index in [1.54, 1.807) is 6.07 Å². The second kappa shape index (κ2) is 11.4. The highest BCUT2D eigenvalue weighted by molar-refractivity contribution is 6.31. The molecule has 2 heterocycles. The Hall–Kier alpha value is -2.68. The van der Waals surface area contributed by atoms with Gasteiger partial charge in [0, 0.05) is 37.5 Å². The van der Waals surface area contributed by atoms with E-state index >= 15 is 0 Å². The smallest absolute Gasteiger partial charge is 0.145 e. The number of nitrogens with one attached hydrogen (secondary N) is 1. The van der Waals surface area contributed by atoms with E-state index in [1.165, 1.54) is 18.5 Å². The van der Waals surface area contributed by atoms with Gasteiger partial charge in [0.05, 0.1) is 41.9 Å². The fourth-order valence-electron chi connectivity index (χ4n) is 4.60. The van der Waals surface area contributed by atoms with Crippen LogP contribution in [0.4, 0.5) is 15.9 Å². The molecule has 0 atom stereocenters. The number of halogens is 2. The molecule has 0 unspecified atom stereocenters.